The lowest BCUT2D eigenvalue weighted by Gasteiger charge is -2.08. The molecule has 0 aromatic heterocycles. The first kappa shape index (κ1) is 11.0. The van der Waals surface area contributed by atoms with Crippen LogP contribution in [0.15, 0.2) is 24.3 Å². The molecule has 16 heavy (non-hydrogen) atoms. The van der Waals surface area contributed by atoms with Crippen LogP contribution in [0, 0.1) is 5.92 Å². The van der Waals surface area contributed by atoms with Crippen LogP contribution in [0.2, 0.25) is 0 Å². The predicted octanol–water partition coefficient (Wildman–Crippen LogP) is 1.46. The summed E-state index contributed by atoms with van der Waals surface area (Å²) in [6, 6.07) is 6.72. The Hall–Kier alpha value is -1.55. The zero-order valence-corrected chi connectivity index (χ0v) is 9.02. The highest BCUT2D eigenvalue weighted by Crippen LogP contribution is 2.14. The fraction of sp³-hybridized carbons (Fsp3) is 0.417. The van der Waals surface area contributed by atoms with Crippen molar-refractivity contribution in [1.29, 1.82) is 0 Å². The average molecular weight is 221 g/mol. The molecule has 0 bridgehead atoms. The van der Waals surface area contributed by atoms with E-state index in [1.54, 1.807) is 24.3 Å². The summed E-state index contributed by atoms with van der Waals surface area (Å²) in [6.45, 7) is 1.89. The van der Waals surface area contributed by atoms with E-state index in [0.29, 0.717) is 30.4 Å². The largest absolute Gasteiger partial charge is 0.462 e. The van der Waals surface area contributed by atoms with Gasteiger partial charge in [-0.2, -0.15) is 0 Å². The Bertz CT molecular complexity index is 355. The van der Waals surface area contributed by atoms with Crippen LogP contribution in [-0.2, 0) is 9.47 Å². The highest BCUT2D eigenvalue weighted by molar-refractivity contribution is 5.89. The van der Waals surface area contributed by atoms with Gasteiger partial charge in [0.25, 0.3) is 0 Å². The molecule has 0 saturated carbocycles. The third-order valence-corrected chi connectivity index (χ3v) is 2.62. The maximum Gasteiger partial charge on any atom is 0.338 e. The molecule has 1 aromatic carbocycles. The highest BCUT2D eigenvalue weighted by Gasteiger charge is 2.18. The molecule has 1 heterocycles. The molecule has 86 valence electrons. The van der Waals surface area contributed by atoms with Crippen molar-refractivity contribution in [2.24, 2.45) is 5.92 Å². The molecule has 2 rings (SSSR count). The SMILES string of the molecule is Nc1ccc(C(=O)OCC2CCOC2)cc1. The number of ether oxygens (including phenoxy) is 2. The molecule has 1 saturated heterocycles. The Morgan fingerprint density at radius 2 is 2.19 bits per heavy atom. The molecular weight excluding hydrogens is 206 g/mol. The van der Waals surface area contributed by atoms with Gasteiger partial charge in [-0.3, -0.25) is 0 Å². The number of carbonyl (C=O) groups excluding carboxylic acids is 1. The first-order valence-electron chi connectivity index (χ1n) is 5.36. The summed E-state index contributed by atoms with van der Waals surface area (Å²) < 4.78 is 10.4. The van der Waals surface area contributed by atoms with Crippen LogP contribution in [0.5, 0.6) is 0 Å². The van der Waals surface area contributed by atoms with Gasteiger partial charge in [-0.15, -0.1) is 0 Å². The zero-order valence-electron chi connectivity index (χ0n) is 9.02. The highest BCUT2D eigenvalue weighted by atomic mass is 16.5. The van der Waals surface area contributed by atoms with E-state index < -0.39 is 0 Å². The van der Waals surface area contributed by atoms with Gasteiger partial charge in [0, 0.05) is 18.2 Å². The first-order chi connectivity index (χ1) is 7.75. The Morgan fingerprint density at radius 1 is 1.44 bits per heavy atom. The lowest BCUT2D eigenvalue weighted by Crippen LogP contribution is -2.14. The number of carbonyl (C=O) groups is 1. The molecule has 1 aromatic rings. The number of hydrogen-bond donors (Lipinski definition) is 1. The van der Waals surface area contributed by atoms with E-state index in [9.17, 15) is 4.79 Å². The van der Waals surface area contributed by atoms with Crippen LogP contribution < -0.4 is 5.73 Å². The molecule has 2 N–H and O–H groups in total. The zero-order chi connectivity index (χ0) is 11.4. The van der Waals surface area contributed by atoms with Gasteiger partial charge in [0.15, 0.2) is 0 Å². The van der Waals surface area contributed by atoms with Crippen LogP contribution >= 0.6 is 0 Å². The van der Waals surface area contributed by atoms with Crippen LogP contribution in [-0.4, -0.2) is 25.8 Å². The number of rotatable bonds is 3. The van der Waals surface area contributed by atoms with Crippen molar-refractivity contribution in [2.75, 3.05) is 25.6 Å². The molecule has 0 radical (unpaired) electrons. The quantitative estimate of drug-likeness (QED) is 0.620. The normalized spacial score (nSPS) is 19.6. The lowest BCUT2D eigenvalue weighted by molar-refractivity contribution is 0.0428. The van der Waals surface area contributed by atoms with Gasteiger partial charge in [0.1, 0.15) is 0 Å². The van der Waals surface area contributed by atoms with E-state index in [2.05, 4.69) is 0 Å². The molecular formula is C12H15NO3. The van der Waals surface area contributed by atoms with Crippen LogP contribution in [0.1, 0.15) is 16.8 Å². The van der Waals surface area contributed by atoms with Gasteiger partial charge >= 0.3 is 5.97 Å². The summed E-state index contributed by atoms with van der Waals surface area (Å²) in [4.78, 5) is 11.6. The van der Waals surface area contributed by atoms with E-state index in [1.807, 2.05) is 0 Å². The number of nitrogen functional groups attached to an aromatic ring is 1. The number of nitrogens with two attached hydrogens (primary N) is 1. The summed E-state index contributed by atoms with van der Waals surface area (Å²) in [6.07, 6.45) is 0.967. The molecule has 0 amide bonds. The van der Waals surface area contributed by atoms with E-state index in [0.717, 1.165) is 13.0 Å². The van der Waals surface area contributed by atoms with Crippen molar-refractivity contribution in [3.8, 4) is 0 Å². The van der Waals surface area contributed by atoms with Gasteiger partial charge in [-0.1, -0.05) is 0 Å². The fourth-order valence-electron chi connectivity index (χ4n) is 1.61. The Kier molecular flexibility index (Phi) is 3.41. The van der Waals surface area contributed by atoms with E-state index in [4.69, 9.17) is 15.2 Å². The van der Waals surface area contributed by atoms with Crippen molar-refractivity contribution >= 4 is 11.7 Å². The molecule has 1 aliphatic rings. The Labute approximate surface area is 94.3 Å². The minimum atomic E-state index is -0.299. The molecule has 0 aliphatic carbocycles. The Balaban J connectivity index is 1.85. The molecule has 1 atom stereocenters. The smallest absolute Gasteiger partial charge is 0.338 e. The van der Waals surface area contributed by atoms with E-state index in [-0.39, 0.29) is 5.97 Å². The summed E-state index contributed by atoms with van der Waals surface area (Å²) in [5, 5.41) is 0. The summed E-state index contributed by atoms with van der Waals surface area (Å²) in [5.74, 6) is 0.0460. The summed E-state index contributed by atoms with van der Waals surface area (Å²) in [7, 11) is 0. The number of benzene rings is 1. The standard InChI is InChI=1S/C12H15NO3/c13-11-3-1-10(2-4-11)12(14)16-8-9-5-6-15-7-9/h1-4,9H,5-8,13H2. The second-order valence-electron chi connectivity index (χ2n) is 3.95. The second-order valence-corrected chi connectivity index (χ2v) is 3.95. The van der Waals surface area contributed by atoms with E-state index >= 15 is 0 Å². The topological polar surface area (TPSA) is 61.6 Å². The lowest BCUT2D eigenvalue weighted by atomic mass is 10.1. The minimum Gasteiger partial charge on any atom is -0.462 e. The van der Waals surface area contributed by atoms with E-state index in [1.165, 1.54) is 0 Å². The first-order valence-corrected chi connectivity index (χ1v) is 5.36. The number of esters is 1. The monoisotopic (exact) mass is 221 g/mol. The fourth-order valence-corrected chi connectivity index (χ4v) is 1.61. The van der Waals surface area contributed by atoms with Gasteiger partial charge in [-0.05, 0) is 30.7 Å². The molecule has 4 heteroatoms. The van der Waals surface area contributed by atoms with Crippen molar-refractivity contribution in [3.63, 3.8) is 0 Å². The summed E-state index contributed by atoms with van der Waals surface area (Å²) >= 11 is 0. The molecule has 4 nitrogen and oxygen atoms in total. The Morgan fingerprint density at radius 3 is 2.81 bits per heavy atom. The molecule has 1 aliphatic heterocycles. The maximum absolute atomic E-state index is 11.6. The van der Waals surface area contributed by atoms with Gasteiger partial charge in [0.2, 0.25) is 0 Å². The van der Waals surface area contributed by atoms with Crippen LogP contribution in [0.4, 0.5) is 5.69 Å². The van der Waals surface area contributed by atoms with Gasteiger partial charge < -0.3 is 15.2 Å². The van der Waals surface area contributed by atoms with Gasteiger partial charge in [-0.25, -0.2) is 4.79 Å². The predicted molar refractivity (Wildman–Crippen MR) is 60.1 cm³/mol. The molecule has 1 fully saturated rings. The number of anilines is 1. The maximum atomic E-state index is 11.6. The van der Waals surface area contributed by atoms with Gasteiger partial charge in [0.05, 0.1) is 18.8 Å². The van der Waals surface area contributed by atoms with Crippen LogP contribution in [0.3, 0.4) is 0 Å². The van der Waals surface area contributed by atoms with Crippen molar-refractivity contribution in [1.82, 2.24) is 0 Å². The minimum absolute atomic E-state index is 0.299. The molecule has 1 unspecified atom stereocenters. The third kappa shape index (κ3) is 2.73. The number of hydrogen-bond acceptors (Lipinski definition) is 4. The summed E-state index contributed by atoms with van der Waals surface area (Å²) in [5.41, 5.74) is 6.71. The second kappa shape index (κ2) is 4.99. The van der Waals surface area contributed by atoms with Crippen LogP contribution in [0.25, 0.3) is 0 Å². The van der Waals surface area contributed by atoms with Crippen molar-refractivity contribution < 1.29 is 14.3 Å². The van der Waals surface area contributed by atoms with Crippen molar-refractivity contribution in [3.05, 3.63) is 29.8 Å². The average Bonchev–Trinajstić information content (AvgIpc) is 2.80. The third-order valence-electron chi connectivity index (χ3n) is 2.62. The van der Waals surface area contributed by atoms with Crippen molar-refractivity contribution in [2.45, 2.75) is 6.42 Å². The molecule has 0 spiro atoms.